The van der Waals surface area contributed by atoms with E-state index in [0.717, 1.165) is 4.31 Å². The van der Waals surface area contributed by atoms with Crippen molar-refractivity contribution >= 4 is 54.9 Å². The first-order valence-corrected chi connectivity index (χ1v) is 11.9. The predicted molar refractivity (Wildman–Crippen MR) is 120 cm³/mol. The number of sulfone groups is 1. The molecule has 0 aliphatic rings. The Hall–Kier alpha value is -2.91. The Morgan fingerprint density at radius 3 is 2.06 bits per heavy atom. The molecular weight excluding hydrogens is 458 g/mol. The first kappa shape index (κ1) is 21.3. The van der Waals surface area contributed by atoms with Crippen LogP contribution in [0.15, 0.2) is 94.7 Å². The fourth-order valence-electron chi connectivity index (χ4n) is 3.30. The highest BCUT2D eigenvalue weighted by molar-refractivity contribution is 7.91. The molecule has 1 unspecified atom stereocenters. The summed E-state index contributed by atoms with van der Waals surface area (Å²) in [5.74, 6) is -0.448. The summed E-state index contributed by atoms with van der Waals surface area (Å²) in [6.45, 7) is 0. The molecule has 31 heavy (non-hydrogen) atoms. The highest BCUT2D eigenvalue weighted by atomic mass is 35.5. The number of anilines is 2. The minimum Gasteiger partial charge on any atom is -0.755 e. The second-order valence-corrected chi connectivity index (χ2v) is 9.75. The van der Waals surface area contributed by atoms with Crippen LogP contribution in [0, 0.1) is 0 Å². The van der Waals surface area contributed by atoms with Crippen molar-refractivity contribution in [2.75, 3.05) is 4.31 Å². The molecular formula is C22H15ClNO5S2-. The van der Waals surface area contributed by atoms with E-state index in [2.05, 4.69) is 0 Å². The molecule has 0 heterocycles. The summed E-state index contributed by atoms with van der Waals surface area (Å²) in [6.07, 6.45) is 0. The van der Waals surface area contributed by atoms with Crippen LogP contribution in [0.4, 0.5) is 11.4 Å². The minimum absolute atomic E-state index is 0.0205. The highest BCUT2D eigenvalue weighted by Gasteiger charge is 2.26. The molecule has 1 N–H and O–H groups in total. The summed E-state index contributed by atoms with van der Waals surface area (Å²) in [6, 6.07) is 21.3. The second kappa shape index (κ2) is 8.32. The van der Waals surface area contributed by atoms with Crippen molar-refractivity contribution in [1.82, 2.24) is 0 Å². The Morgan fingerprint density at radius 2 is 1.45 bits per heavy atom. The van der Waals surface area contributed by atoms with Gasteiger partial charge in [0.15, 0.2) is 0 Å². The van der Waals surface area contributed by atoms with Gasteiger partial charge >= 0.3 is 0 Å². The fourth-order valence-corrected chi connectivity index (χ4v) is 5.43. The van der Waals surface area contributed by atoms with E-state index in [0.29, 0.717) is 10.4 Å². The van der Waals surface area contributed by atoms with Gasteiger partial charge in [-0.2, -0.15) is 0 Å². The second-order valence-electron chi connectivity index (χ2n) is 6.59. The van der Waals surface area contributed by atoms with Crippen molar-refractivity contribution in [1.29, 1.82) is 0 Å². The van der Waals surface area contributed by atoms with Crippen molar-refractivity contribution in [3.63, 3.8) is 0 Å². The summed E-state index contributed by atoms with van der Waals surface area (Å²) in [7, 11) is -4.13. The minimum atomic E-state index is -4.13. The quantitative estimate of drug-likeness (QED) is 0.414. The number of aromatic hydroxyl groups is 1. The molecule has 4 rings (SSSR count). The van der Waals surface area contributed by atoms with Gasteiger partial charge in [-0.3, -0.25) is 8.51 Å². The number of fused-ring (bicyclic) bond motifs is 1. The van der Waals surface area contributed by atoms with Gasteiger partial charge < -0.3 is 9.66 Å². The van der Waals surface area contributed by atoms with E-state index in [-0.39, 0.29) is 21.7 Å². The normalized spacial score (nSPS) is 12.6. The molecule has 0 aromatic heterocycles. The molecule has 4 aromatic rings. The Morgan fingerprint density at radius 1 is 0.871 bits per heavy atom. The van der Waals surface area contributed by atoms with Crippen LogP contribution in [0.25, 0.3) is 10.8 Å². The van der Waals surface area contributed by atoms with Crippen LogP contribution < -0.4 is 4.31 Å². The smallest absolute Gasteiger partial charge is 0.210 e. The zero-order valence-corrected chi connectivity index (χ0v) is 18.2. The van der Waals surface area contributed by atoms with E-state index in [4.69, 9.17) is 11.6 Å². The summed E-state index contributed by atoms with van der Waals surface area (Å²) in [5, 5.41) is 11.8. The Labute approximate surface area is 186 Å². The molecule has 1 atom stereocenters. The average Bonchev–Trinajstić information content (AvgIpc) is 2.77. The summed E-state index contributed by atoms with van der Waals surface area (Å²) < 4.78 is 52.0. The highest BCUT2D eigenvalue weighted by Crippen LogP contribution is 2.43. The van der Waals surface area contributed by atoms with Gasteiger partial charge in [-0.15, -0.1) is 0 Å². The van der Waals surface area contributed by atoms with Crippen LogP contribution in [0.5, 0.6) is 5.75 Å². The van der Waals surface area contributed by atoms with E-state index < -0.39 is 31.7 Å². The molecule has 0 spiro atoms. The van der Waals surface area contributed by atoms with E-state index >= 15 is 0 Å². The maximum Gasteiger partial charge on any atom is 0.210 e. The van der Waals surface area contributed by atoms with Crippen LogP contribution in [0.1, 0.15) is 0 Å². The molecule has 0 bridgehead atoms. The number of hydrogen-bond donors (Lipinski definition) is 1. The largest absolute Gasteiger partial charge is 0.755 e. The van der Waals surface area contributed by atoms with Crippen LogP contribution in [0.3, 0.4) is 0 Å². The number of phenolic OH excluding ortho intramolecular Hbond substituents is 1. The van der Waals surface area contributed by atoms with Gasteiger partial charge in [-0.05, 0) is 42.5 Å². The molecule has 158 valence electrons. The van der Waals surface area contributed by atoms with Gasteiger partial charge in [-0.25, -0.2) is 8.42 Å². The molecule has 4 aromatic carbocycles. The molecule has 0 aliphatic carbocycles. The molecule has 0 aliphatic heterocycles. The zero-order valence-electron chi connectivity index (χ0n) is 15.8. The Kier molecular flexibility index (Phi) is 5.72. The van der Waals surface area contributed by atoms with Crippen LogP contribution in [0.2, 0.25) is 5.02 Å². The summed E-state index contributed by atoms with van der Waals surface area (Å²) in [4.78, 5) is -0.412. The first-order valence-electron chi connectivity index (χ1n) is 9.00. The maximum atomic E-state index is 13.3. The molecule has 0 amide bonds. The first-order chi connectivity index (χ1) is 14.8. The predicted octanol–water partition coefficient (Wildman–Crippen LogP) is 4.96. The topological polar surface area (TPSA) is 97.7 Å². The van der Waals surface area contributed by atoms with E-state index in [9.17, 15) is 22.3 Å². The lowest BCUT2D eigenvalue weighted by molar-refractivity contribution is 0.465. The monoisotopic (exact) mass is 472 g/mol. The van der Waals surface area contributed by atoms with Gasteiger partial charge in [-0.1, -0.05) is 54.1 Å². The third-order valence-corrected chi connectivity index (χ3v) is 7.47. The van der Waals surface area contributed by atoms with Gasteiger partial charge in [0.2, 0.25) is 9.84 Å². The molecule has 0 saturated heterocycles. The Balaban J connectivity index is 2.05. The number of halogens is 1. The lowest BCUT2D eigenvalue weighted by Crippen LogP contribution is -2.20. The number of hydrogen-bond acceptors (Lipinski definition) is 5. The lowest BCUT2D eigenvalue weighted by atomic mass is 10.1. The van der Waals surface area contributed by atoms with E-state index in [1.54, 1.807) is 36.4 Å². The standard InChI is InChI=1S/C22H16ClNO5S2/c23-15-10-12-16(13-11-15)24(30(26)27)20-14-21(22(25)19-9-5-4-8-18(19)20)31(28,29)17-6-2-1-3-7-17/h1-14,25H,(H,26,27)/p-1. The molecule has 0 saturated carbocycles. The molecule has 0 radical (unpaired) electrons. The molecule has 0 fully saturated rings. The number of nitrogens with zero attached hydrogens (tertiary/aromatic N) is 1. The van der Waals surface area contributed by atoms with Crippen molar-refractivity contribution in [2.24, 2.45) is 0 Å². The lowest BCUT2D eigenvalue weighted by Gasteiger charge is -2.28. The Bertz CT molecular complexity index is 1390. The number of phenols is 1. The summed E-state index contributed by atoms with van der Waals surface area (Å²) >= 11 is 3.14. The van der Waals surface area contributed by atoms with Gasteiger partial charge in [0, 0.05) is 15.8 Å². The van der Waals surface area contributed by atoms with Crippen LogP contribution >= 0.6 is 11.6 Å². The van der Waals surface area contributed by atoms with Crippen LogP contribution in [-0.2, 0) is 21.1 Å². The van der Waals surface area contributed by atoms with Crippen LogP contribution in [-0.4, -0.2) is 22.3 Å². The van der Waals surface area contributed by atoms with Crippen molar-refractivity contribution in [2.45, 2.75) is 9.79 Å². The third kappa shape index (κ3) is 3.90. The molecule has 9 heteroatoms. The fraction of sp³-hybridized carbons (Fsp3) is 0. The zero-order chi connectivity index (χ0) is 22.2. The number of rotatable bonds is 5. The SMILES string of the molecule is O=S([O-])N(c1ccc(Cl)cc1)c1cc(S(=O)(=O)c2ccccc2)c(O)c2ccccc12. The van der Waals surface area contributed by atoms with Gasteiger partial charge in [0.05, 0.1) is 27.5 Å². The average molecular weight is 473 g/mol. The molecule has 6 nitrogen and oxygen atoms in total. The third-order valence-electron chi connectivity index (χ3n) is 4.73. The number of benzene rings is 4. The van der Waals surface area contributed by atoms with E-state index in [1.807, 2.05) is 0 Å². The van der Waals surface area contributed by atoms with Crippen molar-refractivity contribution in [3.05, 3.63) is 90.0 Å². The summed E-state index contributed by atoms with van der Waals surface area (Å²) in [5.41, 5.74) is 0.343. The van der Waals surface area contributed by atoms with Gasteiger partial charge in [0.1, 0.15) is 10.6 Å². The maximum absolute atomic E-state index is 13.3. The van der Waals surface area contributed by atoms with Crippen molar-refractivity contribution < 1.29 is 22.3 Å². The van der Waals surface area contributed by atoms with Crippen molar-refractivity contribution in [3.8, 4) is 5.75 Å². The van der Waals surface area contributed by atoms with E-state index in [1.165, 1.54) is 48.5 Å². The van der Waals surface area contributed by atoms with Gasteiger partial charge in [0.25, 0.3) is 0 Å².